The van der Waals surface area contributed by atoms with E-state index in [1.165, 1.54) is 24.5 Å². The Morgan fingerprint density at radius 2 is 2.00 bits per heavy atom. The van der Waals surface area contributed by atoms with Gasteiger partial charge in [0.2, 0.25) is 16.1 Å². The number of aliphatic carboxylic acids is 1. The molecule has 0 saturated carbocycles. The van der Waals surface area contributed by atoms with Crippen molar-refractivity contribution in [2.24, 2.45) is 0 Å². The maximum atomic E-state index is 12.8. The van der Waals surface area contributed by atoms with Crippen molar-refractivity contribution in [3.8, 4) is 5.75 Å². The lowest BCUT2D eigenvalue weighted by Gasteiger charge is -2.15. The highest BCUT2D eigenvalue weighted by molar-refractivity contribution is 7.89. The molecule has 0 aliphatic rings. The molecule has 0 bridgehead atoms. The minimum Gasteiger partial charge on any atom is -0.478 e. The molecule has 1 atom stereocenters. The Bertz CT molecular complexity index is 726. The quantitative estimate of drug-likeness (QED) is 0.791. The number of carboxylic acid groups (broad SMARTS) is 1. The van der Waals surface area contributed by atoms with Crippen LogP contribution in [-0.4, -0.2) is 32.1 Å². The highest BCUT2D eigenvalue weighted by Gasteiger charge is 2.24. The summed E-state index contributed by atoms with van der Waals surface area (Å²) in [5.41, 5.74) is 0. The Kier molecular flexibility index (Phi) is 4.78. The van der Waals surface area contributed by atoms with Gasteiger partial charge >= 0.3 is 5.97 Å². The van der Waals surface area contributed by atoms with Crippen molar-refractivity contribution in [3.63, 3.8) is 0 Å². The van der Waals surface area contributed by atoms with Crippen LogP contribution in [0.15, 0.2) is 52.2 Å². The third-order valence-corrected chi connectivity index (χ3v) is 4.03. The van der Waals surface area contributed by atoms with E-state index in [1.54, 1.807) is 0 Å². The molecule has 0 saturated heterocycles. The van der Waals surface area contributed by atoms with Gasteiger partial charge in [0.1, 0.15) is 22.7 Å². The average Bonchev–Trinajstić information content (AvgIpc) is 3.00. The molecular formula is C13H12FNO6S. The first-order chi connectivity index (χ1) is 10.4. The standard InChI is InChI=1S/C13H12FNO6S/c14-9-1-3-10(4-2-9)21-12(13(16)17)7-15-22(18,19)11-5-6-20-8-11/h1-6,8,12,15H,7H2,(H,16,17). The van der Waals surface area contributed by atoms with Gasteiger partial charge in [0.25, 0.3) is 0 Å². The minimum absolute atomic E-state index is 0.108. The molecule has 0 fully saturated rings. The lowest BCUT2D eigenvalue weighted by atomic mass is 10.3. The van der Waals surface area contributed by atoms with E-state index >= 15 is 0 Å². The Morgan fingerprint density at radius 3 is 2.55 bits per heavy atom. The summed E-state index contributed by atoms with van der Waals surface area (Å²) in [6, 6.07) is 5.92. The SMILES string of the molecule is O=C(O)C(CNS(=O)(=O)c1ccoc1)Oc1ccc(F)cc1. The van der Waals surface area contributed by atoms with Crippen LogP contribution >= 0.6 is 0 Å². The topological polar surface area (TPSA) is 106 Å². The van der Waals surface area contributed by atoms with Gasteiger partial charge in [-0.1, -0.05) is 0 Å². The van der Waals surface area contributed by atoms with Crippen LogP contribution in [0.3, 0.4) is 0 Å². The van der Waals surface area contributed by atoms with E-state index in [-0.39, 0.29) is 10.6 Å². The Labute approximate surface area is 125 Å². The Morgan fingerprint density at radius 1 is 1.32 bits per heavy atom. The molecule has 9 heteroatoms. The second-order valence-corrected chi connectivity index (χ2v) is 5.98. The summed E-state index contributed by atoms with van der Waals surface area (Å²) in [6.45, 7) is -0.500. The number of hydrogen-bond donors (Lipinski definition) is 2. The molecule has 2 aromatic rings. The van der Waals surface area contributed by atoms with Gasteiger partial charge in [0, 0.05) is 0 Å². The highest BCUT2D eigenvalue weighted by Crippen LogP contribution is 2.14. The molecule has 0 aliphatic carbocycles. The van der Waals surface area contributed by atoms with Crippen molar-refractivity contribution in [1.29, 1.82) is 0 Å². The van der Waals surface area contributed by atoms with Crippen LogP contribution in [0.2, 0.25) is 0 Å². The van der Waals surface area contributed by atoms with E-state index in [0.717, 1.165) is 18.4 Å². The monoisotopic (exact) mass is 329 g/mol. The van der Waals surface area contributed by atoms with E-state index in [2.05, 4.69) is 9.14 Å². The third kappa shape index (κ3) is 4.06. The maximum absolute atomic E-state index is 12.8. The molecule has 1 aromatic carbocycles. The number of benzene rings is 1. The zero-order valence-corrected chi connectivity index (χ0v) is 11.9. The molecular weight excluding hydrogens is 317 g/mol. The van der Waals surface area contributed by atoms with Crippen molar-refractivity contribution < 1.29 is 31.9 Å². The molecule has 2 rings (SSSR count). The number of carboxylic acids is 1. The highest BCUT2D eigenvalue weighted by atomic mass is 32.2. The number of sulfonamides is 1. The summed E-state index contributed by atoms with van der Waals surface area (Å²) in [5, 5.41) is 9.06. The molecule has 1 aromatic heterocycles. The van der Waals surface area contributed by atoms with Gasteiger partial charge in [-0.2, -0.15) is 0 Å². The first-order valence-corrected chi connectivity index (χ1v) is 7.54. The zero-order chi connectivity index (χ0) is 16.2. The largest absolute Gasteiger partial charge is 0.478 e. The van der Waals surface area contributed by atoms with Crippen molar-refractivity contribution in [1.82, 2.24) is 4.72 Å². The van der Waals surface area contributed by atoms with Crippen LogP contribution in [0.4, 0.5) is 4.39 Å². The lowest BCUT2D eigenvalue weighted by Crippen LogP contribution is -2.40. The van der Waals surface area contributed by atoms with Crippen LogP contribution in [0, 0.1) is 5.82 Å². The summed E-state index contributed by atoms with van der Waals surface area (Å²) in [6.07, 6.45) is 0.726. The zero-order valence-electron chi connectivity index (χ0n) is 11.1. The van der Waals surface area contributed by atoms with E-state index in [4.69, 9.17) is 9.84 Å². The van der Waals surface area contributed by atoms with Crippen LogP contribution in [0.1, 0.15) is 0 Å². The smallest absolute Gasteiger partial charge is 0.346 e. The fourth-order valence-corrected chi connectivity index (χ4v) is 2.48. The Hall–Kier alpha value is -2.39. The first-order valence-electron chi connectivity index (χ1n) is 6.05. The van der Waals surface area contributed by atoms with Crippen LogP contribution in [0.5, 0.6) is 5.75 Å². The van der Waals surface area contributed by atoms with E-state index < -0.39 is 34.5 Å². The summed E-state index contributed by atoms with van der Waals surface area (Å²) in [7, 11) is -3.89. The molecule has 7 nitrogen and oxygen atoms in total. The molecule has 0 aliphatic heterocycles. The van der Waals surface area contributed by atoms with Gasteiger partial charge in [-0.05, 0) is 30.3 Å². The average molecular weight is 329 g/mol. The molecule has 0 amide bonds. The number of ether oxygens (including phenoxy) is 1. The van der Waals surface area contributed by atoms with Gasteiger partial charge in [0.05, 0.1) is 12.8 Å². The molecule has 2 N–H and O–H groups in total. The predicted molar refractivity (Wildman–Crippen MR) is 72.3 cm³/mol. The lowest BCUT2D eigenvalue weighted by molar-refractivity contribution is -0.144. The minimum atomic E-state index is -3.89. The van der Waals surface area contributed by atoms with E-state index in [1.807, 2.05) is 0 Å². The Balaban J connectivity index is 2.03. The number of nitrogens with one attached hydrogen (secondary N) is 1. The van der Waals surface area contributed by atoms with Crippen molar-refractivity contribution >= 4 is 16.0 Å². The molecule has 0 radical (unpaired) electrons. The molecule has 1 unspecified atom stereocenters. The number of rotatable bonds is 7. The van der Waals surface area contributed by atoms with Gasteiger partial charge in [-0.3, -0.25) is 0 Å². The van der Waals surface area contributed by atoms with Crippen LogP contribution in [-0.2, 0) is 14.8 Å². The van der Waals surface area contributed by atoms with E-state index in [9.17, 15) is 17.6 Å². The fourth-order valence-electron chi connectivity index (χ4n) is 1.53. The van der Waals surface area contributed by atoms with Crippen LogP contribution < -0.4 is 9.46 Å². The van der Waals surface area contributed by atoms with E-state index in [0.29, 0.717) is 0 Å². The number of carbonyl (C=O) groups is 1. The second-order valence-electron chi connectivity index (χ2n) is 4.21. The normalized spacial score (nSPS) is 12.8. The summed E-state index contributed by atoms with van der Waals surface area (Å²) < 4.78 is 48.4. The summed E-state index contributed by atoms with van der Waals surface area (Å²) >= 11 is 0. The number of furan rings is 1. The van der Waals surface area contributed by atoms with Crippen LogP contribution in [0.25, 0.3) is 0 Å². The fraction of sp³-hybridized carbons (Fsp3) is 0.154. The summed E-state index contributed by atoms with van der Waals surface area (Å²) in [4.78, 5) is 11.0. The number of halogens is 1. The van der Waals surface area contributed by atoms with Gasteiger partial charge in [-0.15, -0.1) is 0 Å². The maximum Gasteiger partial charge on any atom is 0.346 e. The predicted octanol–water partition coefficient (Wildman–Crippen LogP) is 1.23. The molecule has 22 heavy (non-hydrogen) atoms. The van der Waals surface area contributed by atoms with Crippen molar-refractivity contribution in [2.45, 2.75) is 11.0 Å². The molecule has 1 heterocycles. The number of hydrogen-bond acceptors (Lipinski definition) is 5. The van der Waals surface area contributed by atoms with Crippen molar-refractivity contribution in [3.05, 3.63) is 48.7 Å². The van der Waals surface area contributed by atoms with Gasteiger partial charge in [-0.25, -0.2) is 22.3 Å². The summed E-state index contributed by atoms with van der Waals surface area (Å²) in [5.74, 6) is -1.75. The van der Waals surface area contributed by atoms with Gasteiger partial charge < -0.3 is 14.3 Å². The second kappa shape index (κ2) is 6.58. The molecule has 118 valence electrons. The third-order valence-electron chi connectivity index (χ3n) is 2.63. The molecule has 0 spiro atoms. The van der Waals surface area contributed by atoms with Crippen molar-refractivity contribution in [2.75, 3.05) is 6.54 Å². The first kappa shape index (κ1) is 16.0. The van der Waals surface area contributed by atoms with Gasteiger partial charge in [0.15, 0.2) is 0 Å².